The van der Waals surface area contributed by atoms with Crippen LogP contribution in [0.5, 0.6) is 11.5 Å². The first kappa shape index (κ1) is 21.6. The number of furan rings is 1. The summed E-state index contributed by atoms with van der Waals surface area (Å²) in [6.45, 7) is 2.72. The van der Waals surface area contributed by atoms with Gasteiger partial charge in [-0.05, 0) is 42.8 Å². The highest BCUT2D eigenvalue weighted by Crippen LogP contribution is 2.35. The van der Waals surface area contributed by atoms with Gasteiger partial charge in [-0.1, -0.05) is 30.3 Å². The Balaban J connectivity index is 1.64. The van der Waals surface area contributed by atoms with E-state index in [0.717, 1.165) is 21.9 Å². The molecule has 0 saturated carbocycles. The molecule has 4 rings (SSSR count). The van der Waals surface area contributed by atoms with Crippen LogP contribution < -0.4 is 9.47 Å². The van der Waals surface area contributed by atoms with E-state index in [0.29, 0.717) is 35.2 Å². The minimum atomic E-state index is -0.0769. The number of hydrogen-bond acceptors (Lipinski definition) is 6. The molecule has 0 bridgehead atoms. The number of aryl methyl sites for hydroxylation is 1. The molecule has 4 aromatic rings. The summed E-state index contributed by atoms with van der Waals surface area (Å²) in [4.78, 5) is 20.6. The normalized spacial score (nSPS) is 10.7. The molecule has 0 radical (unpaired) electrons. The third kappa shape index (κ3) is 4.68. The molecular weight excluding hydrogens is 424 g/mol. The maximum absolute atomic E-state index is 13.6. The van der Waals surface area contributed by atoms with Crippen LogP contribution in [-0.2, 0) is 13.1 Å². The van der Waals surface area contributed by atoms with E-state index in [1.54, 1.807) is 25.4 Å². The van der Waals surface area contributed by atoms with E-state index in [9.17, 15) is 4.79 Å². The zero-order valence-electron chi connectivity index (χ0n) is 18.2. The van der Waals surface area contributed by atoms with Gasteiger partial charge in [-0.2, -0.15) is 0 Å². The Bertz CT molecular complexity index is 1190. The minimum Gasteiger partial charge on any atom is -0.493 e. The first-order valence-corrected chi connectivity index (χ1v) is 11.0. The summed E-state index contributed by atoms with van der Waals surface area (Å²) in [5, 5.41) is 0.754. The number of thiazole rings is 1. The molecule has 0 saturated heterocycles. The van der Waals surface area contributed by atoms with Crippen LogP contribution >= 0.6 is 11.3 Å². The van der Waals surface area contributed by atoms with E-state index in [1.165, 1.54) is 11.3 Å². The van der Waals surface area contributed by atoms with Crippen molar-refractivity contribution in [3.05, 3.63) is 88.8 Å². The van der Waals surface area contributed by atoms with E-state index >= 15 is 0 Å². The van der Waals surface area contributed by atoms with Crippen molar-refractivity contribution in [2.75, 3.05) is 14.2 Å². The van der Waals surface area contributed by atoms with E-state index in [2.05, 4.69) is 4.98 Å². The van der Waals surface area contributed by atoms with Crippen molar-refractivity contribution in [2.45, 2.75) is 20.0 Å². The zero-order valence-corrected chi connectivity index (χ0v) is 19.0. The average molecular weight is 449 g/mol. The van der Waals surface area contributed by atoms with Crippen LogP contribution in [0.2, 0.25) is 0 Å². The van der Waals surface area contributed by atoms with Crippen molar-refractivity contribution in [3.8, 4) is 22.1 Å². The van der Waals surface area contributed by atoms with Crippen LogP contribution in [0, 0.1) is 6.92 Å². The molecule has 164 valence electrons. The fraction of sp³-hybridized carbons (Fsp3) is 0.200. The van der Waals surface area contributed by atoms with Crippen molar-refractivity contribution in [1.82, 2.24) is 9.88 Å². The number of carbonyl (C=O) groups is 1. The second-order valence-electron chi connectivity index (χ2n) is 7.23. The van der Waals surface area contributed by atoms with Gasteiger partial charge in [0.1, 0.15) is 15.6 Å². The van der Waals surface area contributed by atoms with E-state index < -0.39 is 0 Å². The van der Waals surface area contributed by atoms with Crippen molar-refractivity contribution >= 4 is 17.2 Å². The molecule has 0 aliphatic heterocycles. The van der Waals surface area contributed by atoms with Crippen LogP contribution in [0.3, 0.4) is 0 Å². The quantitative estimate of drug-likeness (QED) is 0.352. The van der Waals surface area contributed by atoms with Gasteiger partial charge in [0.15, 0.2) is 11.5 Å². The molecule has 2 heterocycles. The Labute approximate surface area is 191 Å². The minimum absolute atomic E-state index is 0.0769. The summed E-state index contributed by atoms with van der Waals surface area (Å²) in [7, 11) is 3.20. The molecule has 0 unspecified atom stereocenters. The highest BCUT2D eigenvalue weighted by Gasteiger charge is 2.23. The lowest BCUT2D eigenvalue weighted by Crippen LogP contribution is -2.29. The van der Waals surface area contributed by atoms with Gasteiger partial charge in [0.05, 0.1) is 32.7 Å². The Kier molecular flexibility index (Phi) is 6.56. The fourth-order valence-corrected chi connectivity index (χ4v) is 4.46. The van der Waals surface area contributed by atoms with Gasteiger partial charge in [0.25, 0.3) is 5.91 Å². The second kappa shape index (κ2) is 9.70. The Hall–Kier alpha value is -3.58. The van der Waals surface area contributed by atoms with Crippen molar-refractivity contribution < 1.29 is 18.7 Å². The predicted molar refractivity (Wildman–Crippen MR) is 124 cm³/mol. The summed E-state index contributed by atoms with van der Waals surface area (Å²) in [5.41, 5.74) is 2.62. The molecule has 0 N–H and O–H groups in total. The third-order valence-electron chi connectivity index (χ3n) is 5.05. The Morgan fingerprint density at radius 3 is 2.47 bits per heavy atom. The summed E-state index contributed by atoms with van der Waals surface area (Å²) in [6, 6.07) is 19.3. The molecule has 0 fully saturated rings. The lowest BCUT2D eigenvalue weighted by atomic mass is 10.2. The van der Waals surface area contributed by atoms with Crippen molar-refractivity contribution in [2.24, 2.45) is 0 Å². The molecule has 6 nitrogen and oxygen atoms in total. The lowest BCUT2D eigenvalue weighted by Gasteiger charge is -2.21. The number of aromatic nitrogens is 1. The number of hydrogen-bond donors (Lipinski definition) is 0. The maximum Gasteiger partial charge on any atom is 0.266 e. The van der Waals surface area contributed by atoms with Crippen molar-refractivity contribution in [3.63, 3.8) is 0 Å². The fourth-order valence-electron chi connectivity index (χ4n) is 3.43. The summed E-state index contributed by atoms with van der Waals surface area (Å²) < 4.78 is 16.2. The highest BCUT2D eigenvalue weighted by atomic mass is 32.1. The molecule has 0 aliphatic carbocycles. The molecular formula is C25H24N2O4S. The molecule has 1 amide bonds. The number of amides is 1. The van der Waals surface area contributed by atoms with Gasteiger partial charge in [-0.15, -0.1) is 11.3 Å². The van der Waals surface area contributed by atoms with Crippen LogP contribution in [0.4, 0.5) is 0 Å². The summed E-state index contributed by atoms with van der Waals surface area (Å²) >= 11 is 1.38. The van der Waals surface area contributed by atoms with Gasteiger partial charge in [0.2, 0.25) is 0 Å². The SMILES string of the molecule is COc1ccc(-c2nc(C)c(C(=O)N(Cc3ccccc3)Cc3ccco3)s2)cc1OC. The molecule has 0 spiro atoms. The number of nitrogens with zero attached hydrogens (tertiary/aromatic N) is 2. The van der Waals surface area contributed by atoms with Gasteiger partial charge < -0.3 is 18.8 Å². The number of benzene rings is 2. The van der Waals surface area contributed by atoms with Gasteiger partial charge in [0, 0.05) is 12.1 Å². The molecule has 32 heavy (non-hydrogen) atoms. The van der Waals surface area contributed by atoms with E-state index in [-0.39, 0.29) is 5.91 Å². The lowest BCUT2D eigenvalue weighted by molar-refractivity contribution is 0.0721. The number of rotatable bonds is 8. The van der Waals surface area contributed by atoms with E-state index in [4.69, 9.17) is 13.9 Å². The molecule has 7 heteroatoms. The predicted octanol–water partition coefficient (Wildman–Crippen LogP) is 5.57. The highest BCUT2D eigenvalue weighted by molar-refractivity contribution is 7.17. The molecule has 0 atom stereocenters. The monoisotopic (exact) mass is 448 g/mol. The van der Waals surface area contributed by atoms with Crippen LogP contribution in [0.1, 0.15) is 26.7 Å². The molecule has 0 aliphatic rings. The van der Waals surface area contributed by atoms with Crippen LogP contribution in [0.25, 0.3) is 10.6 Å². The van der Waals surface area contributed by atoms with Crippen LogP contribution in [0.15, 0.2) is 71.3 Å². The molecule has 2 aromatic carbocycles. The average Bonchev–Trinajstić information content (AvgIpc) is 3.48. The third-order valence-corrected chi connectivity index (χ3v) is 6.25. The second-order valence-corrected chi connectivity index (χ2v) is 8.23. The largest absolute Gasteiger partial charge is 0.493 e. The van der Waals surface area contributed by atoms with Gasteiger partial charge in [-0.25, -0.2) is 4.98 Å². The zero-order chi connectivity index (χ0) is 22.5. The topological polar surface area (TPSA) is 64.8 Å². The first-order chi connectivity index (χ1) is 15.6. The summed E-state index contributed by atoms with van der Waals surface area (Å²) in [5.74, 6) is 1.92. The standard InChI is InChI=1S/C25H24N2O4S/c1-17-23(32-24(26-17)19-11-12-21(29-2)22(14-19)30-3)25(28)27(16-20-10-7-13-31-20)15-18-8-5-4-6-9-18/h4-14H,15-16H2,1-3H3. The number of carbonyl (C=O) groups excluding carboxylic acids is 1. The molecule has 2 aromatic heterocycles. The van der Waals surface area contributed by atoms with E-state index in [1.807, 2.05) is 67.6 Å². The maximum atomic E-state index is 13.6. The number of methoxy groups -OCH3 is 2. The Morgan fingerprint density at radius 2 is 1.78 bits per heavy atom. The summed E-state index contributed by atoms with van der Waals surface area (Å²) in [6.07, 6.45) is 1.62. The van der Waals surface area contributed by atoms with Gasteiger partial charge >= 0.3 is 0 Å². The van der Waals surface area contributed by atoms with Crippen LogP contribution in [-0.4, -0.2) is 30.0 Å². The first-order valence-electron chi connectivity index (χ1n) is 10.1. The number of ether oxygens (including phenoxy) is 2. The van der Waals surface area contributed by atoms with Gasteiger partial charge in [-0.3, -0.25) is 4.79 Å². The Morgan fingerprint density at radius 1 is 1.00 bits per heavy atom. The smallest absolute Gasteiger partial charge is 0.266 e. The van der Waals surface area contributed by atoms with Crippen molar-refractivity contribution in [1.29, 1.82) is 0 Å².